The molecule has 0 aliphatic heterocycles. The van der Waals surface area contributed by atoms with Crippen molar-refractivity contribution in [2.75, 3.05) is 13.6 Å². The Bertz CT molecular complexity index is 546. The predicted octanol–water partition coefficient (Wildman–Crippen LogP) is 1.94. The smallest absolute Gasteiger partial charge is 0.246 e. The Labute approximate surface area is 115 Å². The summed E-state index contributed by atoms with van der Waals surface area (Å²) in [6.45, 7) is 7.60. The number of allylic oxidation sites excluding steroid dienone is 1. The normalized spacial score (nSPS) is 12.1. The first-order valence-corrected chi connectivity index (χ1v) is 7.66. The van der Waals surface area contributed by atoms with E-state index in [0.29, 0.717) is 23.6 Å². The molecule has 1 rings (SSSR count). The average molecular weight is 286 g/mol. The van der Waals surface area contributed by atoms with Crippen LogP contribution in [0.2, 0.25) is 0 Å². The molecule has 5 nitrogen and oxygen atoms in total. The Morgan fingerprint density at radius 1 is 1.37 bits per heavy atom. The lowest BCUT2D eigenvalue weighted by atomic mass is 10.2. The van der Waals surface area contributed by atoms with E-state index < -0.39 is 10.0 Å². The van der Waals surface area contributed by atoms with Gasteiger partial charge in [0, 0.05) is 25.7 Å². The minimum Gasteiger partial charge on any atom is -0.465 e. The third-order valence-electron chi connectivity index (χ3n) is 3.08. The molecule has 0 atom stereocenters. The number of nitrogens with zero attached hydrogens (tertiary/aromatic N) is 1. The van der Waals surface area contributed by atoms with Crippen LogP contribution in [0.25, 0.3) is 0 Å². The number of aryl methyl sites for hydroxylation is 2. The number of sulfonamides is 1. The van der Waals surface area contributed by atoms with E-state index >= 15 is 0 Å². The molecular formula is C13H22N2O3S. The van der Waals surface area contributed by atoms with Gasteiger partial charge in [0.1, 0.15) is 16.4 Å². The van der Waals surface area contributed by atoms with Crippen LogP contribution in [-0.4, -0.2) is 26.3 Å². The Kier molecular flexibility index (Phi) is 5.34. The van der Waals surface area contributed by atoms with Crippen molar-refractivity contribution in [3.05, 3.63) is 29.7 Å². The number of hydrogen-bond donors (Lipinski definition) is 1. The quantitative estimate of drug-likeness (QED) is 0.614. The molecule has 0 aliphatic rings. The zero-order valence-electron chi connectivity index (χ0n) is 11.8. The molecule has 1 aromatic rings. The Hall–Kier alpha value is -1.11. The van der Waals surface area contributed by atoms with Crippen molar-refractivity contribution in [2.24, 2.45) is 5.73 Å². The highest BCUT2D eigenvalue weighted by molar-refractivity contribution is 7.89. The van der Waals surface area contributed by atoms with Gasteiger partial charge >= 0.3 is 0 Å². The maximum absolute atomic E-state index is 12.5. The Morgan fingerprint density at radius 2 is 2.00 bits per heavy atom. The van der Waals surface area contributed by atoms with Crippen molar-refractivity contribution in [2.45, 2.75) is 38.1 Å². The molecule has 0 aromatic carbocycles. The van der Waals surface area contributed by atoms with Crippen LogP contribution < -0.4 is 5.73 Å². The molecule has 108 valence electrons. The van der Waals surface area contributed by atoms with Crippen molar-refractivity contribution in [1.29, 1.82) is 0 Å². The summed E-state index contributed by atoms with van der Waals surface area (Å²) in [4.78, 5) is 0.216. The summed E-state index contributed by atoms with van der Waals surface area (Å²) < 4.78 is 31.8. The largest absolute Gasteiger partial charge is 0.465 e. The predicted molar refractivity (Wildman–Crippen MR) is 75.3 cm³/mol. The molecule has 6 heteroatoms. The van der Waals surface area contributed by atoms with E-state index in [1.807, 2.05) is 0 Å². The molecule has 0 saturated carbocycles. The molecule has 2 N–H and O–H groups in total. The Balaban J connectivity index is 3.09. The second-order valence-corrected chi connectivity index (χ2v) is 6.47. The van der Waals surface area contributed by atoms with Crippen LogP contribution in [-0.2, 0) is 16.6 Å². The molecule has 0 saturated heterocycles. The number of nitrogens with two attached hydrogens (primary N) is 1. The summed E-state index contributed by atoms with van der Waals surface area (Å²) in [5, 5.41) is 0. The third-order valence-corrected chi connectivity index (χ3v) is 5.13. The lowest BCUT2D eigenvalue weighted by Crippen LogP contribution is -2.29. The lowest BCUT2D eigenvalue weighted by molar-refractivity contribution is 0.456. The maximum Gasteiger partial charge on any atom is 0.246 e. The standard InChI is InChI=1S/C13H22N2O3S/c1-5-6-7-8-15(4)19(16,17)13-11(3)18-10(2)12(13)9-14/h5H,1,6-9,14H2,2-4H3. The van der Waals surface area contributed by atoms with Crippen LogP contribution in [0.4, 0.5) is 0 Å². The average Bonchev–Trinajstić information content (AvgIpc) is 2.64. The fraction of sp³-hybridized carbons (Fsp3) is 0.538. The van der Waals surface area contributed by atoms with Gasteiger partial charge in [-0.05, 0) is 26.7 Å². The number of furan rings is 1. The molecule has 0 radical (unpaired) electrons. The highest BCUT2D eigenvalue weighted by Crippen LogP contribution is 2.28. The second kappa shape index (κ2) is 6.36. The van der Waals surface area contributed by atoms with E-state index in [0.717, 1.165) is 12.8 Å². The summed E-state index contributed by atoms with van der Waals surface area (Å²) in [7, 11) is -1.98. The van der Waals surface area contributed by atoms with Crippen LogP contribution in [0.5, 0.6) is 0 Å². The van der Waals surface area contributed by atoms with Crippen molar-refractivity contribution in [3.8, 4) is 0 Å². The van der Waals surface area contributed by atoms with Gasteiger partial charge in [0.2, 0.25) is 10.0 Å². The van der Waals surface area contributed by atoms with Gasteiger partial charge in [-0.1, -0.05) is 6.08 Å². The minimum absolute atomic E-state index is 0.151. The number of rotatable bonds is 7. The van der Waals surface area contributed by atoms with E-state index in [4.69, 9.17) is 10.2 Å². The van der Waals surface area contributed by atoms with E-state index in [-0.39, 0.29) is 11.4 Å². The first kappa shape index (κ1) is 15.9. The monoisotopic (exact) mass is 286 g/mol. The van der Waals surface area contributed by atoms with Crippen LogP contribution in [0.1, 0.15) is 29.9 Å². The van der Waals surface area contributed by atoms with Crippen LogP contribution in [0.15, 0.2) is 22.0 Å². The van der Waals surface area contributed by atoms with E-state index in [1.165, 1.54) is 4.31 Å². The molecule has 0 spiro atoms. The Morgan fingerprint density at radius 3 is 2.53 bits per heavy atom. The van der Waals surface area contributed by atoms with Gasteiger partial charge in [0.15, 0.2) is 0 Å². The summed E-state index contributed by atoms with van der Waals surface area (Å²) >= 11 is 0. The lowest BCUT2D eigenvalue weighted by Gasteiger charge is -2.17. The van der Waals surface area contributed by atoms with Gasteiger partial charge in [-0.3, -0.25) is 0 Å². The first-order chi connectivity index (χ1) is 8.86. The summed E-state index contributed by atoms with van der Waals surface area (Å²) in [6.07, 6.45) is 3.30. The molecule has 1 aromatic heterocycles. The second-order valence-electron chi connectivity index (χ2n) is 4.48. The fourth-order valence-corrected chi connectivity index (χ4v) is 3.64. The molecule has 19 heavy (non-hydrogen) atoms. The number of hydrogen-bond acceptors (Lipinski definition) is 4. The van der Waals surface area contributed by atoms with E-state index in [9.17, 15) is 8.42 Å². The third kappa shape index (κ3) is 3.26. The molecule has 0 unspecified atom stereocenters. The first-order valence-electron chi connectivity index (χ1n) is 6.22. The molecule has 1 heterocycles. The van der Waals surface area contributed by atoms with Crippen molar-refractivity contribution < 1.29 is 12.8 Å². The summed E-state index contributed by atoms with van der Waals surface area (Å²) in [5.74, 6) is 0.964. The topological polar surface area (TPSA) is 76.5 Å². The molecule has 0 bridgehead atoms. The zero-order chi connectivity index (χ0) is 14.6. The van der Waals surface area contributed by atoms with Gasteiger partial charge in [-0.15, -0.1) is 6.58 Å². The van der Waals surface area contributed by atoms with E-state index in [2.05, 4.69) is 6.58 Å². The highest BCUT2D eigenvalue weighted by atomic mass is 32.2. The molecular weight excluding hydrogens is 264 g/mol. The fourth-order valence-electron chi connectivity index (χ4n) is 2.02. The minimum atomic E-state index is -3.55. The van der Waals surface area contributed by atoms with Crippen molar-refractivity contribution in [3.63, 3.8) is 0 Å². The zero-order valence-corrected chi connectivity index (χ0v) is 12.6. The SMILES string of the molecule is C=CCCCN(C)S(=O)(=O)c1c(C)oc(C)c1CN. The van der Waals surface area contributed by atoms with E-state index in [1.54, 1.807) is 27.0 Å². The molecule has 0 fully saturated rings. The van der Waals surface area contributed by atoms with Crippen LogP contribution in [0.3, 0.4) is 0 Å². The van der Waals surface area contributed by atoms with Gasteiger partial charge < -0.3 is 10.2 Å². The van der Waals surface area contributed by atoms with Gasteiger partial charge in [-0.2, -0.15) is 0 Å². The maximum atomic E-state index is 12.5. The number of unbranched alkanes of at least 4 members (excludes halogenated alkanes) is 1. The van der Waals surface area contributed by atoms with Gasteiger partial charge in [0.25, 0.3) is 0 Å². The van der Waals surface area contributed by atoms with Gasteiger partial charge in [-0.25, -0.2) is 12.7 Å². The summed E-state index contributed by atoms with van der Waals surface area (Å²) in [6, 6.07) is 0. The van der Waals surface area contributed by atoms with Crippen LogP contribution >= 0.6 is 0 Å². The van der Waals surface area contributed by atoms with Gasteiger partial charge in [0.05, 0.1) is 0 Å². The molecule has 0 amide bonds. The molecule has 0 aliphatic carbocycles. The van der Waals surface area contributed by atoms with Crippen molar-refractivity contribution >= 4 is 10.0 Å². The highest BCUT2D eigenvalue weighted by Gasteiger charge is 2.29. The van der Waals surface area contributed by atoms with Crippen molar-refractivity contribution in [1.82, 2.24) is 4.31 Å². The van der Waals surface area contributed by atoms with Crippen LogP contribution in [0, 0.1) is 13.8 Å². The summed E-state index contributed by atoms with van der Waals surface area (Å²) in [5.41, 5.74) is 6.19.